The Kier molecular flexibility index (Phi) is 7.17. The number of methoxy groups -OCH3 is 1. The van der Waals surface area contributed by atoms with Crippen LogP contribution in [0.2, 0.25) is 0 Å². The molecule has 7 nitrogen and oxygen atoms in total. The number of anilines is 2. The Bertz CT molecular complexity index is 1250. The summed E-state index contributed by atoms with van der Waals surface area (Å²) in [6.07, 6.45) is -2.15. The summed E-state index contributed by atoms with van der Waals surface area (Å²) < 4.78 is 51.8. The van der Waals surface area contributed by atoms with Gasteiger partial charge in [0.15, 0.2) is 11.5 Å². The molecule has 0 radical (unpaired) electrons. The van der Waals surface area contributed by atoms with Gasteiger partial charge in [0, 0.05) is 29.7 Å². The Balaban J connectivity index is 1.66. The molecule has 0 saturated heterocycles. The number of aromatic nitrogens is 2. The normalized spacial score (nSPS) is 15.7. The lowest BCUT2D eigenvalue weighted by atomic mass is 10.0. The van der Waals surface area contributed by atoms with E-state index in [1.54, 1.807) is 27.0 Å². The molecule has 3 N–H and O–H groups in total. The average molecular weight is 504 g/mol. The van der Waals surface area contributed by atoms with Crippen LogP contribution >= 0.6 is 0 Å². The number of rotatable bonds is 9. The molecule has 0 spiro atoms. The molecule has 0 amide bonds. The highest BCUT2D eigenvalue weighted by atomic mass is 19.4. The second-order valence-corrected chi connectivity index (χ2v) is 9.49. The monoisotopic (exact) mass is 503 g/mol. The van der Waals surface area contributed by atoms with Crippen LogP contribution in [0.5, 0.6) is 11.5 Å². The van der Waals surface area contributed by atoms with Crippen LogP contribution in [0.4, 0.5) is 24.7 Å². The Morgan fingerprint density at radius 3 is 2.47 bits per heavy atom. The van der Waals surface area contributed by atoms with Gasteiger partial charge in [0.2, 0.25) is 0 Å². The standard InChI is InChI=1S/C26H32F3N5O2/c1-14(13-34(4)20-6-7-20)36-24-11-21-22(12-23(24)35-5)32-16(3)33-25(21)31-15(2)17-8-18(26(27,28)29)10-19(30)9-17/h8-12,14-15,20H,6-7,13,30H2,1-5H3,(H,31,32,33)/t14-,15+/m0/s1. The number of nitrogens with one attached hydrogen (secondary N) is 1. The molecular formula is C26H32F3N5O2. The minimum atomic E-state index is -4.49. The second-order valence-electron chi connectivity index (χ2n) is 9.49. The molecule has 1 aliphatic carbocycles. The number of ether oxygens (including phenoxy) is 2. The first-order chi connectivity index (χ1) is 16.9. The highest BCUT2D eigenvalue weighted by molar-refractivity contribution is 5.92. The summed E-state index contributed by atoms with van der Waals surface area (Å²) in [6, 6.07) is 7.26. The molecular weight excluding hydrogens is 471 g/mol. The van der Waals surface area contributed by atoms with E-state index in [0.717, 1.165) is 18.7 Å². The number of hydrogen-bond donors (Lipinski definition) is 2. The Morgan fingerprint density at radius 2 is 1.83 bits per heavy atom. The van der Waals surface area contributed by atoms with Gasteiger partial charge in [0.25, 0.3) is 0 Å². The van der Waals surface area contributed by atoms with Gasteiger partial charge in [-0.3, -0.25) is 4.90 Å². The topological polar surface area (TPSA) is 85.5 Å². The Hall–Kier alpha value is -3.27. The van der Waals surface area contributed by atoms with E-state index in [-0.39, 0.29) is 11.8 Å². The molecule has 0 aliphatic heterocycles. The van der Waals surface area contributed by atoms with Gasteiger partial charge in [-0.1, -0.05) is 0 Å². The number of hydrogen-bond acceptors (Lipinski definition) is 7. The van der Waals surface area contributed by atoms with Gasteiger partial charge in [0.1, 0.15) is 17.7 Å². The average Bonchev–Trinajstić information content (AvgIpc) is 3.63. The van der Waals surface area contributed by atoms with Crippen LogP contribution in [0.25, 0.3) is 10.9 Å². The van der Waals surface area contributed by atoms with Crippen molar-refractivity contribution in [1.82, 2.24) is 14.9 Å². The molecule has 3 aromatic rings. The van der Waals surface area contributed by atoms with Crippen molar-refractivity contribution < 1.29 is 22.6 Å². The van der Waals surface area contributed by atoms with Crippen molar-refractivity contribution in [3.63, 3.8) is 0 Å². The maximum Gasteiger partial charge on any atom is 0.416 e. The van der Waals surface area contributed by atoms with Gasteiger partial charge < -0.3 is 20.5 Å². The van der Waals surface area contributed by atoms with Crippen LogP contribution < -0.4 is 20.5 Å². The SMILES string of the molecule is COc1cc2nc(C)nc(N[C@H](C)c3cc(N)cc(C(F)(F)F)c3)c2cc1O[C@@H](C)CN(C)C1CC1. The number of nitrogen functional groups attached to an aromatic ring is 1. The first-order valence-corrected chi connectivity index (χ1v) is 11.9. The first-order valence-electron chi connectivity index (χ1n) is 11.9. The number of fused-ring (bicyclic) bond motifs is 1. The van der Waals surface area contributed by atoms with E-state index >= 15 is 0 Å². The highest BCUT2D eigenvalue weighted by Gasteiger charge is 2.31. The molecule has 1 heterocycles. The maximum absolute atomic E-state index is 13.3. The molecule has 0 bridgehead atoms. The largest absolute Gasteiger partial charge is 0.493 e. The molecule has 36 heavy (non-hydrogen) atoms. The molecule has 10 heteroatoms. The van der Waals surface area contributed by atoms with Crippen molar-refractivity contribution in [2.75, 3.05) is 31.8 Å². The fraction of sp³-hybridized carbons (Fsp3) is 0.462. The van der Waals surface area contributed by atoms with Gasteiger partial charge >= 0.3 is 6.18 Å². The second kappa shape index (κ2) is 10.0. The summed E-state index contributed by atoms with van der Waals surface area (Å²) in [5, 5.41) is 3.91. The van der Waals surface area contributed by atoms with Crippen LogP contribution in [0.1, 0.15) is 49.7 Å². The van der Waals surface area contributed by atoms with Crippen molar-refractivity contribution in [3.05, 3.63) is 47.3 Å². The lowest BCUT2D eigenvalue weighted by Gasteiger charge is -2.23. The number of aryl methyl sites for hydroxylation is 1. The van der Waals surface area contributed by atoms with Gasteiger partial charge in [-0.2, -0.15) is 13.2 Å². The minimum Gasteiger partial charge on any atom is -0.493 e. The van der Waals surface area contributed by atoms with Crippen molar-refractivity contribution >= 4 is 22.4 Å². The molecule has 0 unspecified atom stereocenters. The van der Waals surface area contributed by atoms with Crippen LogP contribution in [-0.4, -0.2) is 47.7 Å². The quantitative estimate of drug-likeness (QED) is 0.369. The summed E-state index contributed by atoms with van der Waals surface area (Å²) >= 11 is 0. The summed E-state index contributed by atoms with van der Waals surface area (Å²) in [7, 11) is 3.66. The van der Waals surface area contributed by atoms with E-state index in [0.29, 0.717) is 45.6 Å². The van der Waals surface area contributed by atoms with Crippen LogP contribution in [-0.2, 0) is 6.18 Å². The molecule has 1 saturated carbocycles. The summed E-state index contributed by atoms with van der Waals surface area (Å²) in [5.74, 6) is 2.09. The number of alkyl halides is 3. The molecule has 1 fully saturated rings. The zero-order valence-corrected chi connectivity index (χ0v) is 21.1. The zero-order valence-electron chi connectivity index (χ0n) is 21.1. The number of benzene rings is 2. The van der Waals surface area contributed by atoms with Crippen LogP contribution in [0.3, 0.4) is 0 Å². The summed E-state index contributed by atoms with van der Waals surface area (Å²) in [5.41, 5.74) is 6.05. The van der Waals surface area contributed by atoms with E-state index in [1.807, 2.05) is 13.0 Å². The van der Waals surface area contributed by atoms with E-state index in [9.17, 15) is 13.2 Å². The third-order valence-corrected chi connectivity index (χ3v) is 6.29. The Morgan fingerprint density at radius 1 is 1.11 bits per heavy atom. The van der Waals surface area contributed by atoms with E-state index in [1.165, 1.54) is 18.9 Å². The third-order valence-electron chi connectivity index (χ3n) is 6.29. The van der Waals surface area contributed by atoms with Crippen LogP contribution in [0, 0.1) is 6.92 Å². The maximum atomic E-state index is 13.3. The van der Waals surface area contributed by atoms with E-state index in [2.05, 4.69) is 27.2 Å². The highest BCUT2D eigenvalue weighted by Crippen LogP contribution is 2.37. The van der Waals surface area contributed by atoms with Crippen molar-refractivity contribution in [3.8, 4) is 11.5 Å². The molecule has 2 aromatic carbocycles. The van der Waals surface area contributed by atoms with E-state index < -0.39 is 17.8 Å². The third kappa shape index (κ3) is 5.92. The minimum absolute atomic E-state index is 0.0442. The van der Waals surface area contributed by atoms with E-state index in [4.69, 9.17) is 15.2 Å². The molecule has 4 rings (SSSR count). The van der Waals surface area contributed by atoms with Crippen LogP contribution in [0.15, 0.2) is 30.3 Å². The van der Waals surface area contributed by atoms with Crippen molar-refractivity contribution in [2.45, 2.75) is 58.0 Å². The molecule has 194 valence electrons. The smallest absolute Gasteiger partial charge is 0.416 e. The molecule has 1 aliphatic rings. The predicted octanol–water partition coefficient (Wildman–Crippen LogP) is 5.58. The summed E-state index contributed by atoms with van der Waals surface area (Å²) in [6.45, 7) is 6.29. The van der Waals surface area contributed by atoms with Gasteiger partial charge in [0.05, 0.1) is 24.2 Å². The molecule has 2 atom stereocenters. The van der Waals surface area contributed by atoms with Crippen molar-refractivity contribution in [2.24, 2.45) is 0 Å². The Labute approximate surface area is 208 Å². The number of halogens is 3. The molecule has 1 aromatic heterocycles. The summed E-state index contributed by atoms with van der Waals surface area (Å²) in [4.78, 5) is 11.3. The number of nitrogens with two attached hydrogens (primary N) is 1. The first kappa shape index (κ1) is 25.8. The lowest BCUT2D eigenvalue weighted by Crippen LogP contribution is -2.32. The lowest BCUT2D eigenvalue weighted by molar-refractivity contribution is -0.137. The van der Waals surface area contributed by atoms with Gasteiger partial charge in [-0.05, 0) is 70.5 Å². The number of nitrogens with zero attached hydrogens (tertiary/aromatic N) is 3. The van der Waals surface area contributed by atoms with Gasteiger partial charge in [-0.25, -0.2) is 9.97 Å². The predicted molar refractivity (Wildman–Crippen MR) is 134 cm³/mol. The zero-order chi connectivity index (χ0) is 26.2. The van der Waals surface area contributed by atoms with Crippen molar-refractivity contribution in [1.29, 1.82) is 0 Å². The van der Waals surface area contributed by atoms with Gasteiger partial charge in [-0.15, -0.1) is 0 Å². The fourth-order valence-corrected chi connectivity index (χ4v) is 4.32. The number of likely N-dealkylation sites (N-methyl/N-ethyl adjacent to an activating group) is 1. The fourth-order valence-electron chi connectivity index (χ4n) is 4.32.